The molecule has 0 radical (unpaired) electrons. The summed E-state index contributed by atoms with van der Waals surface area (Å²) in [5.74, 6) is 0. The largest absolute Gasteiger partial charge is 0.239 e. The molecule has 2 heterocycles. The normalized spacial score (nSPS) is 8.67. The Morgan fingerprint density at radius 3 is 2.20 bits per heavy atom. The van der Waals surface area contributed by atoms with Crippen molar-refractivity contribution in [2.75, 3.05) is 0 Å². The minimum atomic E-state index is 1.04. The number of rotatable bonds is 0. The molecule has 0 amide bonds. The molecule has 0 aliphatic heterocycles. The Morgan fingerprint density at radius 1 is 1.07 bits per heavy atom. The highest BCUT2D eigenvalue weighted by Gasteiger charge is 2.01. The maximum Gasteiger partial charge on any atom is 0.118 e. The van der Waals surface area contributed by atoms with Crippen molar-refractivity contribution in [1.82, 2.24) is 14.6 Å². The van der Waals surface area contributed by atoms with Crippen LogP contribution in [-0.2, 0) is 0 Å². The van der Waals surface area contributed by atoms with Crippen LogP contribution >= 0.6 is 0 Å². The molecule has 15 heavy (non-hydrogen) atoms. The van der Waals surface area contributed by atoms with Gasteiger partial charge in [-0.2, -0.15) is 5.10 Å². The number of hydrogen-bond donors (Lipinski definition) is 0. The van der Waals surface area contributed by atoms with Crippen molar-refractivity contribution in [3.05, 3.63) is 29.8 Å². The van der Waals surface area contributed by atoms with E-state index in [1.165, 1.54) is 5.56 Å². The summed E-state index contributed by atoms with van der Waals surface area (Å²) in [6.07, 6.45) is 3.52. The Bertz CT molecular complexity index is 391. The van der Waals surface area contributed by atoms with Crippen molar-refractivity contribution in [1.29, 1.82) is 0 Å². The van der Waals surface area contributed by atoms with Gasteiger partial charge in [-0.15, -0.1) is 0 Å². The molecule has 0 unspecified atom stereocenters. The minimum absolute atomic E-state index is 1.04. The van der Waals surface area contributed by atoms with Crippen LogP contribution in [0, 0.1) is 13.8 Å². The number of nitrogens with zero attached hydrogens (tertiary/aromatic N) is 3. The molecular weight excluding hydrogens is 186 g/mol. The van der Waals surface area contributed by atoms with Crippen LogP contribution in [0.3, 0.4) is 0 Å². The SMILES string of the molecule is CC.CC.Cc1ccnn2cnc(C)c12. The molecule has 0 aliphatic rings. The van der Waals surface area contributed by atoms with Crippen LogP contribution in [0.2, 0.25) is 0 Å². The second-order valence-electron chi connectivity index (χ2n) is 2.64. The molecule has 0 bridgehead atoms. The summed E-state index contributed by atoms with van der Waals surface area (Å²) >= 11 is 0. The quantitative estimate of drug-likeness (QED) is 0.662. The summed E-state index contributed by atoms with van der Waals surface area (Å²) in [4.78, 5) is 4.16. The second kappa shape index (κ2) is 6.98. The molecule has 84 valence electrons. The molecule has 2 rings (SSSR count). The summed E-state index contributed by atoms with van der Waals surface area (Å²) in [6.45, 7) is 12.1. The zero-order chi connectivity index (χ0) is 11.8. The highest BCUT2D eigenvalue weighted by Crippen LogP contribution is 2.10. The van der Waals surface area contributed by atoms with Crippen LogP contribution in [0.4, 0.5) is 0 Å². The van der Waals surface area contributed by atoms with Gasteiger partial charge >= 0.3 is 0 Å². The van der Waals surface area contributed by atoms with E-state index in [-0.39, 0.29) is 0 Å². The summed E-state index contributed by atoms with van der Waals surface area (Å²) in [6, 6.07) is 1.99. The molecule has 3 heteroatoms. The van der Waals surface area contributed by atoms with Crippen molar-refractivity contribution >= 4 is 5.52 Å². The highest BCUT2D eigenvalue weighted by atomic mass is 15.2. The summed E-state index contributed by atoms with van der Waals surface area (Å²) in [7, 11) is 0. The lowest BCUT2D eigenvalue weighted by molar-refractivity contribution is 0.920. The molecule has 0 saturated heterocycles. The number of aromatic nitrogens is 3. The van der Waals surface area contributed by atoms with Gasteiger partial charge in [-0.1, -0.05) is 27.7 Å². The number of hydrogen-bond acceptors (Lipinski definition) is 2. The van der Waals surface area contributed by atoms with Gasteiger partial charge in [-0.05, 0) is 25.5 Å². The molecule has 0 aromatic carbocycles. The third kappa shape index (κ3) is 3.05. The zero-order valence-corrected chi connectivity index (χ0v) is 10.6. The highest BCUT2D eigenvalue weighted by molar-refractivity contribution is 5.56. The average Bonchev–Trinajstić information content (AvgIpc) is 2.68. The number of fused-ring (bicyclic) bond motifs is 1. The van der Waals surface area contributed by atoms with Crippen LogP contribution < -0.4 is 0 Å². The van der Waals surface area contributed by atoms with Crippen LogP contribution in [0.25, 0.3) is 5.52 Å². The van der Waals surface area contributed by atoms with Gasteiger partial charge in [-0.25, -0.2) is 9.50 Å². The molecule has 2 aromatic heterocycles. The molecule has 2 aromatic rings. The van der Waals surface area contributed by atoms with E-state index in [9.17, 15) is 0 Å². The molecule has 0 aliphatic carbocycles. The lowest BCUT2D eigenvalue weighted by Gasteiger charge is -1.95. The molecule has 0 atom stereocenters. The monoisotopic (exact) mass is 207 g/mol. The first kappa shape index (κ1) is 13.6. The Labute approximate surface area is 92.2 Å². The van der Waals surface area contributed by atoms with Gasteiger partial charge in [-0.3, -0.25) is 0 Å². The van der Waals surface area contributed by atoms with E-state index in [4.69, 9.17) is 0 Å². The molecule has 0 fully saturated rings. The molecule has 3 nitrogen and oxygen atoms in total. The third-order valence-corrected chi connectivity index (χ3v) is 1.82. The van der Waals surface area contributed by atoms with E-state index in [1.807, 2.05) is 40.7 Å². The van der Waals surface area contributed by atoms with Gasteiger partial charge in [0.1, 0.15) is 6.33 Å². The Kier molecular flexibility index (Phi) is 6.34. The first-order chi connectivity index (χ1) is 7.29. The summed E-state index contributed by atoms with van der Waals surface area (Å²) in [5, 5.41) is 4.12. The van der Waals surface area contributed by atoms with Crippen LogP contribution in [0.15, 0.2) is 18.6 Å². The lowest BCUT2D eigenvalue weighted by Crippen LogP contribution is -1.90. The zero-order valence-electron chi connectivity index (χ0n) is 10.6. The van der Waals surface area contributed by atoms with E-state index in [2.05, 4.69) is 17.0 Å². The maximum absolute atomic E-state index is 4.16. The smallest absolute Gasteiger partial charge is 0.118 e. The van der Waals surface area contributed by atoms with E-state index < -0.39 is 0 Å². The van der Waals surface area contributed by atoms with Crippen molar-refractivity contribution in [2.24, 2.45) is 0 Å². The third-order valence-electron chi connectivity index (χ3n) is 1.82. The first-order valence-electron chi connectivity index (χ1n) is 5.54. The van der Waals surface area contributed by atoms with Crippen LogP contribution in [-0.4, -0.2) is 14.6 Å². The van der Waals surface area contributed by atoms with Crippen molar-refractivity contribution in [3.8, 4) is 0 Å². The first-order valence-corrected chi connectivity index (χ1v) is 5.54. The van der Waals surface area contributed by atoms with Gasteiger partial charge in [0.15, 0.2) is 0 Å². The predicted octanol–water partition coefficient (Wildman–Crippen LogP) is 3.40. The fourth-order valence-corrected chi connectivity index (χ4v) is 1.28. The number of aryl methyl sites for hydroxylation is 2. The lowest BCUT2D eigenvalue weighted by atomic mass is 10.2. The predicted molar refractivity (Wildman–Crippen MR) is 65.2 cm³/mol. The fraction of sp³-hybridized carbons (Fsp3) is 0.500. The Hall–Kier alpha value is -1.38. The summed E-state index contributed by atoms with van der Waals surface area (Å²) < 4.78 is 1.80. The van der Waals surface area contributed by atoms with Crippen molar-refractivity contribution < 1.29 is 0 Å². The van der Waals surface area contributed by atoms with E-state index in [0.29, 0.717) is 0 Å². The van der Waals surface area contributed by atoms with E-state index >= 15 is 0 Å². The van der Waals surface area contributed by atoms with Gasteiger partial charge in [0, 0.05) is 6.20 Å². The molecule has 0 N–H and O–H groups in total. The fourth-order valence-electron chi connectivity index (χ4n) is 1.28. The Morgan fingerprint density at radius 2 is 1.67 bits per heavy atom. The van der Waals surface area contributed by atoms with Gasteiger partial charge in [0.25, 0.3) is 0 Å². The van der Waals surface area contributed by atoms with Gasteiger partial charge < -0.3 is 0 Å². The maximum atomic E-state index is 4.16. The minimum Gasteiger partial charge on any atom is -0.239 e. The van der Waals surface area contributed by atoms with Crippen molar-refractivity contribution in [3.63, 3.8) is 0 Å². The van der Waals surface area contributed by atoms with Crippen molar-refractivity contribution in [2.45, 2.75) is 41.5 Å². The molecule has 0 spiro atoms. The topological polar surface area (TPSA) is 30.2 Å². The van der Waals surface area contributed by atoms with E-state index in [1.54, 1.807) is 17.0 Å². The molecule has 0 saturated carbocycles. The average molecular weight is 207 g/mol. The number of imidazole rings is 1. The molecular formula is C12H21N3. The second-order valence-corrected chi connectivity index (χ2v) is 2.64. The van der Waals surface area contributed by atoms with Crippen LogP contribution in [0.1, 0.15) is 39.0 Å². The van der Waals surface area contributed by atoms with Gasteiger partial charge in [0.05, 0.1) is 11.2 Å². The Balaban J connectivity index is 0.000000442. The van der Waals surface area contributed by atoms with Gasteiger partial charge in [0.2, 0.25) is 0 Å². The van der Waals surface area contributed by atoms with E-state index in [0.717, 1.165) is 11.2 Å². The van der Waals surface area contributed by atoms with Crippen LogP contribution in [0.5, 0.6) is 0 Å². The standard InChI is InChI=1S/C8H9N3.2C2H6/c1-6-3-4-10-11-5-9-7(2)8(6)11;2*1-2/h3-5H,1-2H3;2*1-2H3. The summed E-state index contributed by atoms with van der Waals surface area (Å²) in [5.41, 5.74) is 3.37.